The monoisotopic (exact) mass is 287 g/mol. The van der Waals surface area contributed by atoms with Crippen molar-refractivity contribution in [3.8, 4) is 10.6 Å². The summed E-state index contributed by atoms with van der Waals surface area (Å²) in [5.41, 5.74) is 2.39. The molecule has 3 nitrogen and oxygen atoms in total. The standard InChI is InChI=1S/C16H21N3S/c1-11(2)8-14-15(10-18-13-5-6-13)20-16(19-14)12-4-3-7-17-9-12/h3-4,7,9,11,13,18H,5-6,8,10H2,1-2H3. The van der Waals surface area contributed by atoms with Crippen LogP contribution in [-0.4, -0.2) is 16.0 Å². The first-order chi connectivity index (χ1) is 9.72. The summed E-state index contributed by atoms with van der Waals surface area (Å²) in [6.07, 6.45) is 7.41. The molecule has 2 heterocycles. The zero-order valence-electron chi connectivity index (χ0n) is 12.1. The van der Waals surface area contributed by atoms with Gasteiger partial charge < -0.3 is 5.32 Å². The molecule has 1 fully saturated rings. The average molecular weight is 287 g/mol. The highest BCUT2D eigenvalue weighted by Crippen LogP contribution is 2.30. The van der Waals surface area contributed by atoms with Crippen molar-refractivity contribution in [2.75, 3.05) is 0 Å². The normalized spacial score (nSPS) is 14.9. The van der Waals surface area contributed by atoms with Crippen molar-refractivity contribution in [3.05, 3.63) is 35.1 Å². The van der Waals surface area contributed by atoms with Crippen molar-refractivity contribution >= 4 is 11.3 Å². The van der Waals surface area contributed by atoms with E-state index < -0.39 is 0 Å². The Kier molecular flexibility index (Phi) is 4.13. The molecule has 0 aromatic carbocycles. The molecule has 2 aromatic rings. The van der Waals surface area contributed by atoms with Crippen LogP contribution < -0.4 is 5.32 Å². The molecule has 3 rings (SSSR count). The molecule has 0 bridgehead atoms. The van der Waals surface area contributed by atoms with Crippen LogP contribution in [0.3, 0.4) is 0 Å². The number of pyridine rings is 1. The maximum Gasteiger partial charge on any atom is 0.125 e. The number of nitrogens with zero attached hydrogens (tertiary/aromatic N) is 2. The zero-order chi connectivity index (χ0) is 13.9. The third-order valence-electron chi connectivity index (χ3n) is 3.42. The van der Waals surface area contributed by atoms with Crippen LogP contribution in [0.2, 0.25) is 0 Å². The van der Waals surface area contributed by atoms with Gasteiger partial charge in [0.15, 0.2) is 0 Å². The molecule has 0 saturated heterocycles. The Morgan fingerprint density at radius 3 is 2.90 bits per heavy atom. The summed E-state index contributed by atoms with van der Waals surface area (Å²) in [5, 5.41) is 4.70. The minimum absolute atomic E-state index is 0.638. The van der Waals surface area contributed by atoms with Crippen molar-refractivity contribution in [3.63, 3.8) is 0 Å². The van der Waals surface area contributed by atoms with Crippen LogP contribution in [0.1, 0.15) is 37.3 Å². The van der Waals surface area contributed by atoms with Crippen LogP contribution in [0.15, 0.2) is 24.5 Å². The van der Waals surface area contributed by atoms with Crippen LogP contribution in [0.25, 0.3) is 10.6 Å². The van der Waals surface area contributed by atoms with E-state index in [1.165, 1.54) is 23.4 Å². The molecule has 0 spiro atoms. The maximum absolute atomic E-state index is 4.86. The van der Waals surface area contributed by atoms with E-state index in [1.54, 1.807) is 0 Å². The fourth-order valence-corrected chi connectivity index (χ4v) is 3.23. The fourth-order valence-electron chi connectivity index (χ4n) is 2.20. The summed E-state index contributed by atoms with van der Waals surface area (Å²) in [5.74, 6) is 0.638. The van der Waals surface area contributed by atoms with Gasteiger partial charge in [-0.1, -0.05) is 13.8 Å². The number of thiazole rings is 1. The highest BCUT2D eigenvalue weighted by Gasteiger charge is 2.22. The van der Waals surface area contributed by atoms with E-state index in [9.17, 15) is 0 Å². The second-order valence-corrected chi connectivity index (χ2v) is 6.97. The maximum atomic E-state index is 4.86. The molecule has 4 heteroatoms. The Hall–Kier alpha value is -1.26. The van der Waals surface area contributed by atoms with Gasteiger partial charge in [0, 0.05) is 35.4 Å². The van der Waals surface area contributed by atoms with Gasteiger partial charge in [-0.15, -0.1) is 11.3 Å². The molecule has 1 saturated carbocycles. The third-order valence-corrected chi connectivity index (χ3v) is 4.56. The Labute approximate surface area is 124 Å². The van der Waals surface area contributed by atoms with Crippen molar-refractivity contribution < 1.29 is 0 Å². The topological polar surface area (TPSA) is 37.8 Å². The highest BCUT2D eigenvalue weighted by molar-refractivity contribution is 7.15. The lowest BCUT2D eigenvalue weighted by molar-refractivity contribution is 0.624. The quantitative estimate of drug-likeness (QED) is 0.881. The van der Waals surface area contributed by atoms with E-state index in [0.29, 0.717) is 5.92 Å². The molecule has 0 atom stereocenters. The van der Waals surface area contributed by atoms with Crippen molar-refractivity contribution in [1.82, 2.24) is 15.3 Å². The molecule has 0 unspecified atom stereocenters. The number of rotatable bonds is 6. The van der Waals surface area contributed by atoms with Gasteiger partial charge in [-0.3, -0.25) is 4.98 Å². The molecule has 0 radical (unpaired) electrons. The first-order valence-electron chi connectivity index (χ1n) is 7.34. The molecule has 0 aliphatic heterocycles. The number of aromatic nitrogens is 2. The first-order valence-corrected chi connectivity index (χ1v) is 8.16. The zero-order valence-corrected chi connectivity index (χ0v) is 12.9. The van der Waals surface area contributed by atoms with E-state index in [1.807, 2.05) is 29.8 Å². The molecule has 1 aliphatic rings. The van der Waals surface area contributed by atoms with Gasteiger partial charge >= 0.3 is 0 Å². The van der Waals surface area contributed by atoms with Gasteiger partial charge in [-0.25, -0.2) is 4.98 Å². The fraction of sp³-hybridized carbons (Fsp3) is 0.500. The van der Waals surface area contributed by atoms with Crippen LogP contribution in [-0.2, 0) is 13.0 Å². The van der Waals surface area contributed by atoms with Gasteiger partial charge in [0.25, 0.3) is 0 Å². The first kappa shape index (κ1) is 13.7. The average Bonchev–Trinajstić information content (AvgIpc) is 3.19. The van der Waals surface area contributed by atoms with E-state index in [4.69, 9.17) is 4.98 Å². The van der Waals surface area contributed by atoms with Gasteiger partial charge in [-0.05, 0) is 37.3 Å². The van der Waals surface area contributed by atoms with E-state index in [2.05, 4.69) is 30.2 Å². The SMILES string of the molecule is CC(C)Cc1nc(-c2cccnc2)sc1CNC1CC1. The molecule has 106 valence electrons. The van der Waals surface area contributed by atoms with Crippen molar-refractivity contribution in [1.29, 1.82) is 0 Å². The second kappa shape index (κ2) is 6.02. The molecule has 0 amide bonds. The van der Waals surface area contributed by atoms with Crippen LogP contribution in [0.4, 0.5) is 0 Å². The van der Waals surface area contributed by atoms with Gasteiger partial charge in [0.1, 0.15) is 5.01 Å². The lowest BCUT2D eigenvalue weighted by atomic mass is 10.1. The summed E-state index contributed by atoms with van der Waals surface area (Å²) < 4.78 is 0. The Bertz CT molecular complexity index is 558. The van der Waals surface area contributed by atoms with Crippen LogP contribution in [0, 0.1) is 5.92 Å². The summed E-state index contributed by atoms with van der Waals surface area (Å²) in [6, 6.07) is 4.80. The van der Waals surface area contributed by atoms with Gasteiger partial charge in [0.05, 0.1) is 5.69 Å². The van der Waals surface area contributed by atoms with Gasteiger partial charge in [-0.2, -0.15) is 0 Å². The van der Waals surface area contributed by atoms with E-state index in [0.717, 1.165) is 29.6 Å². The van der Waals surface area contributed by atoms with Crippen LogP contribution >= 0.6 is 11.3 Å². The summed E-state index contributed by atoms with van der Waals surface area (Å²) in [4.78, 5) is 10.4. The summed E-state index contributed by atoms with van der Waals surface area (Å²) in [6.45, 7) is 5.47. The summed E-state index contributed by atoms with van der Waals surface area (Å²) >= 11 is 1.81. The Morgan fingerprint density at radius 1 is 1.40 bits per heavy atom. The largest absolute Gasteiger partial charge is 0.309 e. The molecular weight excluding hydrogens is 266 g/mol. The molecular formula is C16H21N3S. The predicted octanol–water partition coefficient (Wildman–Crippen LogP) is 3.66. The lowest BCUT2D eigenvalue weighted by Gasteiger charge is -2.05. The summed E-state index contributed by atoms with van der Waals surface area (Å²) in [7, 11) is 0. The van der Waals surface area contributed by atoms with Gasteiger partial charge in [0.2, 0.25) is 0 Å². The Morgan fingerprint density at radius 2 is 2.25 bits per heavy atom. The lowest BCUT2D eigenvalue weighted by Crippen LogP contribution is -2.15. The van der Waals surface area contributed by atoms with Crippen molar-refractivity contribution in [2.45, 2.75) is 45.7 Å². The molecule has 2 aromatic heterocycles. The molecule has 1 aliphatic carbocycles. The smallest absolute Gasteiger partial charge is 0.125 e. The van der Waals surface area contributed by atoms with E-state index >= 15 is 0 Å². The molecule has 20 heavy (non-hydrogen) atoms. The number of hydrogen-bond donors (Lipinski definition) is 1. The predicted molar refractivity (Wildman–Crippen MR) is 83.7 cm³/mol. The third kappa shape index (κ3) is 3.44. The van der Waals surface area contributed by atoms with Crippen molar-refractivity contribution in [2.24, 2.45) is 5.92 Å². The minimum Gasteiger partial charge on any atom is -0.309 e. The van der Waals surface area contributed by atoms with E-state index in [-0.39, 0.29) is 0 Å². The highest BCUT2D eigenvalue weighted by atomic mass is 32.1. The number of nitrogens with one attached hydrogen (secondary N) is 1. The van der Waals surface area contributed by atoms with Crippen LogP contribution in [0.5, 0.6) is 0 Å². The number of hydrogen-bond acceptors (Lipinski definition) is 4. The molecule has 1 N–H and O–H groups in total. The second-order valence-electron chi connectivity index (χ2n) is 5.88. The Balaban J connectivity index is 1.83. The minimum atomic E-state index is 0.638.